The van der Waals surface area contributed by atoms with Crippen molar-refractivity contribution >= 4 is 27.7 Å². The second-order valence-corrected chi connectivity index (χ2v) is 9.64. The third-order valence-electron chi connectivity index (χ3n) is 4.42. The molecule has 28 heavy (non-hydrogen) atoms. The molecule has 0 saturated carbocycles. The third-order valence-corrected chi connectivity index (χ3v) is 6.60. The van der Waals surface area contributed by atoms with Gasteiger partial charge in [0.2, 0.25) is 10.0 Å². The summed E-state index contributed by atoms with van der Waals surface area (Å²) in [6.07, 6.45) is 4.30. The van der Waals surface area contributed by atoms with Crippen molar-refractivity contribution in [3.05, 3.63) is 70.8 Å². The normalized spacial score (nSPS) is 13.5. The van der Waals surface area contributed by atoms with E-state index < -0.39 is 16.1 Å². The van der Waals surface area contributed by atoms with Crippen LogP contribution in [-0.4, -0.2) is 37.0 Å². The van der Waals surface area contributed by atoms with Crippen LogP contribution in [0.3, 0.4) is 0 Å². The Kier molecular flexibility index (Phi) is 8.25. The van der Waals surface area contributed by atoms with Crippen LogP contribution in [0.4, 0.5) is 0 Å². The molecule has 1 atom stereocenters. The van der Waals surface area contributed by atoms with Gasteiger partial charge in [-0.1, -0.05) is 67.4 Å². The average Bonchev–Trinajstić information content (AvgIpc) is 2.64. The van der Waals surface area contributed by atoms with Gasteiger partial charge in [-0.15, -0.1) is 0 Å². The van der Waals surface area contributed by atoms with Crippen molar-refractivity contribution < 1.29 is 13.5 Å². The Morgan fingerprint density at radius 1 is 1.14 bits per heavy atom. The molecule has 0 saturated heterocycles. The van der Waals surface area contributed by atoms with E-state index in [9.17, 15) is 13.5 Å². The largest absolute Gasteiger partial charge is 0.395 e. The van der Waals surface area contributed by atoms with Crippen LogP contribution in [0.2, 0.25) is 5.02 Å². The molecular weight excluding hydrogens is 394 g/mol. The smallest absolute Gasteiger partial charge is 0.243 e. The van der Waals surface area contributed by atoms with E-state index in [0.29, 0.717) is 11.4 Å². The number of hydrogen-bond donors (Lipinski definition) is 1. The van der Waals surface area contributed by atoms with Crippen LogP contribution in [0.15, 0.2) is 59.5 Å². The summed E-state index contributed by atoms with van der Waals surface area (Å²) in [5, 5.41) is 10.4. The van der Waals surface area contributed by atoms with E-state index >= 15 is 0 Å². The topological polar surface area (TPSA) is 57.6 Å². The van der Waals surface area contributed by atoms with E-state index in [1.165, 1.54) is 16.4 Å². The molecule has 152 valence electrons. The van der Waals surface area contributed by atoms with E-state index in [1.54, 1.807) is 12.1 Å². The van der Waals surface area contributed by atoms with Gasteiger partial charge in [-0.25, -0.2) is 8.42 Å². The van der Waals surface area contributed by atoms with E-state index in [0.717, 1.165) is 11.1 Å². The van der Waals surface area contributed by atoms with Crippen LogP contribution >= 0.6 is 11.6 Å². The Morgan fingerprint density at radius 3 is 2.39 bits per heavy atom. The molecular formula is C22H28ClNO3S. The molecule has 0 aliphatic carbocycles. The fourth-order valence-electron chi connectivity index (χ4n) is 3.08. The van der Waals surface area contributed by atoms with Crippen LogP contribution in [0.1, 0.15) is 31.4 Å². The maximum Gasteiger partial charge on any atom is 0.243 e. The Hall–Kier alpha value is -1.66. The second-order valence-electron chi connectivity index (χ2n) is 7.31. The molecule has 1 N–H and O–H groups in total. The molecule has 2 aromatic carbocycles. The van der Waals surface area contributed by atoms with E-state index in [-0.39, 0.29) is 24.0 Å². The highest BCUT2D eigenvalue weighted by Gasteiger charge is 2.30. The van der Waals surface area contributed by atoms with Crippen molar-refractivity contribution in [1.29, 1.82) is 0 Å². The van der Waals surface area contributed by atoms with Crippen molar-refractivity contribution in [3.63, 3.8) is 0 Å². The molecule has 0 bridgehead atoms. The SMILES string of the molecule is Cc1cccc(C=CCN(C(CO)CC(C)C)S(=O)(=O)c2ccc(Cl)cc2)c1. The van der Waals surface area contributed by atoms with Crippen molar-refractivity contribution in [3.8, 4) is 0 Å². The van der Waals surface area contributed by atoms with E-state index in [1.807, 2.05) is 57.2 Å². The summed E-state index contributed by atoms with van der Waals surface area (Å²) in [5.74, 6) is 0.251. The van der Waals surface area contributed by atoms with Gasteiger partial charge in [0, 0.05) is 17.6 Å². The molecule has 1 unspecified atom stereocenters. The zero-order chi connectivity index (χ0) is 20.7. The summed E-state index contributed by atoms with van der Waals surface area (Å²) in [6, 6.07) is 13.6. The second kappa shape index (κ2) is 10.2. The molecule has 0 radical (unpaired) electrons. The standard InChI is InChI=1S/C22H28ClNO3S/c1-17(2)14-21(16-25)24(13-5-8-19-7-4-6-18(3)15-19)28(26,27)22-11-9-20(23)10-12-22/h4-12,15,17,21,25H,13-14,16H2,1-3H3. The lowest BCUT2D eigenvalue weighted by Gasteiger charge is -2.30. The Morgan fingerprint density at radius 2 is 1.82 bits per heavy atom. The molecule has 6 heteroatoms. The van der Waals surface area contributed by atoms with E-state index in [4.69, 9.17) is 11.6 Å². The number of aliphatic hydroxyl groups is 1. The van der Waals surface area contributed by atoms with Crippen molar-refractivity contribution in [1.82, 2.24) is 4.31 Å². The predicted molar refractivity (Wildman–Crippen MR) is 116 cm³/mol. The van der Waals surface area contributed by atoms with Crippen LogP contribution in [0.5, 0.6) is 0 Å². The van der Waals surface area contributed by atoms with Crippen molar-refractivity contribution in [2.75, 3.05) is 13.2 Å². The number of aliphatic hydroxyl groups excluding tert-OH is 1. The van der Waals surface area contributed by atoms with Gasteiger partial charge >= 0.3 is 0 Å². The molecule has 0 spiro atoms. The summed E-state index contributed by atoms with van der Waals surface area (Å²) in [6.45, 7) is 5.98. The lowest BCUT2D eigenvalue weighted by molar-refractivity contribution is 0.175. The molecule has 0 heterocycles. The van der Waals surface area contributed by atoms with Crippen LogP contribution < -0.4 is 0 Å². The number of sulfonamides is 1. The van der Waals surface area contributed by atoms with Gasteiger partial charge < -0.3 is 5.11 Å². The van der Waals surface area contributed by atoms with Gasteiger partial charge in [-0.05, 0) is 49.1 Å². The first-order chi connectivity index (χ1) is 13.2. The van der Waals surface area contributed by atoms with Gasteiger partial charge in [-0.3, -0.25) is 0 Å². The first kappa shape index (κ1) is 22.6. The zero-order valence-corrected chi connectivity index (χ0v) is 18.1. The third kappa shape index (κ3) is 6.17. The van der Waals surface area contributed by atoms with Gasteiger partial charge in [0.25, 0.3) is 0 Å². The fourth-order valence-corrected chi connectivity index (χ4v) is 4.78. The van der Waals surface area contributed by atoms with Crippen molar-refractivity contribution in [2.24, 2.45) is 5.92 Å². The number of hydrogen-bond acceptors (Lipinski definition) is 3. The number of rotatable bonds is 9. The highest BCUT2D eigenvalue weighted by atomic mass is 35.5. The molecule has 0 fully saturated rings. The molecule has 0 aliphatic rings. The van der Waals surface area contributed by atoms with Crippen molar-refractivity contribution in [2.45, 2.75) is 38.1 Å². The maximum absolute atomic E-state index is 13.3. The van der Waals surface area contributed by atoms with Crippen LogP contribution in [0.25, 0.3) is 6.08 Å². The minimum Gasteiger partial charge on any atom is -0.395 e. The van der Waals surface area contributed by atoms with Crippen LogP contribution in [0, 0.1) is 12.8 Å². The number of halogens is 1. The summed E-state index contributed by atoms with van der Waals surface area (Å²) >= 11 is 5.90. The molecule has 2 rings (SSSR count). The minimum absolute atomic E-state index is 0.170. The van der Waals surface area contributed by atoms with Gasteiger partial charge in [0.05, 0.1) is 11.5 Å². The number of aryl methyl sites for hydroxylation is 1. The van der Waals surface area contributed by atoms with Gasteiger partial charge in [-0.2, -0.15) is 4.31 Å². The highest BCUT2D eigenvalue weighted by molar-refractivity contribution is 7.89. The summed E-state index contributed by atoms with van der Waals surface area (Å²) in [7, 11) is -3.77. The summed E-state index contributed by atoms with van der Waals surface area (Å²) in [5.41, 5.74) is 2.15. The number of benzene rings is 2. The molecule has 2 aromatic rings. The molecule has 0 aromatic heterocycles. The summed E-state index contributed by atoms with van der Waals surface area (Å²) < 4.78 is 27.9. The zero-order valence-electron chi connectivity index (χ0n) is 16.5. The fraction of sp³-hybridized carbons (Fsp3) is 0.364. The Bertz CT molecular complexity index is 892. The number of nitrogens with zero attached hydrogens (tertiary/aromatic N) is 1. The quantitative estimate of drug-likeness (QED) is 0.635. The lowest BCUT2D eigenvalue weighted by atomic mass is 10.0. The maximum atomic E-state index is 13.3. The Balaban J connectivity index is 2.34. The minimum atomic E-state index is -3.77. The molecule has 0 aliphatic heterocycles. The monoisotopic (exact) mass is 421 g/mol. The van der Waals surface area contributed by atoms with Crippen LogP contribution in [-0.2, 0) is 10.0 Å². The average molecular weight is 422 g/mol. The summed E-state index contributed by atoms with van der Waals surface area (Å²) in [4.78, 5) is 0.170. The predicted octanol–water partition coefficient (Wildman–Crippen LogP) is 4.76. The molecule has 0 amide bonds. The van der Waals surface area contributed by atoms with Gasteiger partial charge in [0.15, 0.2) is 0 Å². The highest BCUT2D eigenvalue weighted by Crippen LogP contribution is 2.23. The lowest BCUT2D eigenvalue weighted by Crippen LogP contribution is -2.43. The molecule has 4 nitrogen and oxygen atoms in total. The Labute approximate surface area is 173 Å². The van der Waals surface area contributed by atoms with Gasteiger partial charge in [0.1, 0.15) is 0 Å². The first-order valence-electron chi connectivity index (χ1n) is 9.35. The first-order valence-corrected chi connectivity index (χ1v) is 11.2. The van der Waals surface area contributed by atoms with E-state index in [2.05, 4.69) is 0 Å².